The lowest BCUT2D eigenvalue weighted by Gasteiger charge is -2.19. The van der Waals surface area contributed by atoms with Crippen molar-refractivity contribution in [1.29, 1.82) is 0 Å². The molecule has 0 spiro atoms. The molecular weight excluding hydrogens is 274 g/mol. The Labute approximate surface area is 139 Å². The van der Waals surface area contributed by atoms with Gasteiger partial charge in [0.05, 0.1) is 7.05 Å². The Kier molecular flexibility index (Phi) is 17.1. The van der Waals surface area contributed by atoms with E-state index in [9.17, 15) is 10.3 Å². The first-order valence-corrected chi connectivity index (χ1v) is 9.84. The second kappa shape index (κ2) is 17.2. The van der Waals surface area contributed by atoms with E-state index in [1.807, 2.05) is 0 Å². The molecule has 22 heavy (non-hydrogen) atoms. The van der Waals surface area contributed by atoms with Gasteiger partial charge >= 0.3 is 0 Å². The van der Waals surface area contributed by atoms with E-state index in [4.69, 9.17) is 0 Å². The minimum absolute atomic E-state index is 0.0952. The molecule has 2 N–H and O–H groups in total. The summed E-state index contributed by atoms with van der Waals surface area (Å²) in [5.74, 6) is 0. The van der Waals surface area contributed by atoms with Gasteiger partial charge in [0.15, 0.2) is 0 Å². The number of likely N-dealkylation sites (N-methyl/N-ethyl adjacent to an activating group) is 1. The Hall–Kier alpha value is -0.120. The molecule has 2 atom stereocenters. The van der Waals surface area contributed by atoms with Crippen molar-refractivity contribution in [2.24, 2.45) is 0 Å². The van der Waals surface area contributed by atoms with Crippen LogP contribution >= 0.6 is 0 Å². The fraction of sp³-hybridized carbons (Fsp3) is 1.00. The fourth-order valence-electron chi connectivity index (χ4n) is 3.01. The molecule has 0 saturated heterocycles. The highest BCUT2D eigenvalue weighted by atomic mass is 16.5. The maximum Gasteiger partial charge on any atom is 0.103 e. The average Bonchev–Trinajstić information content (AvgIpc) is 2.47. The number of rotatable bonds is 17. The summed E-state index contributed by atoms with van der Waals surface area (Å²) in [6.07, 6.45) is 19.3. The third kappa shape index (κ3) is 17.9. The zero-order chi connectivity index (χ0) is 16.5. The predicted molar refractivity (Wildman–Crippen MR) is 96.1 cm³/mol. The van der Waals surface area contributed by atoms with Gasteiger partial charge in [-0.2, -0.15) is 0 Å². The summed E-state index contributed by atoms with van der Waals surface area (Å²) in [7, 11) is 1.55. The van der Waals surface area contributed by atoms with Crippen LogP contribution in [-0.4, -0.2) is 24.8 Å². The summed E-state index contributed by atoms with van der Waals surface area (Å²) in [5, 5.41) is 20.5. The summed E-state index contributed by atoms with van der Waals surface area (Å²) in [5.41, 5.74) is 0. The van der Waals surface area contributed by atoms with Crippen LogP contribution in [0.4, 0.5) is 0 Å². The first-order valence-electron chi connectivity index (χ1n) is 9.84. The van der Waals surface area contributed by atoms with Crippen LogP contribution in [0.25, 0.3) is 0 Å². The van der Waals surface area contributed by atoms with Crippen LogP contribution in [0.3, 0.4) is 0 Å². The van der Waals surface area contributed by atoms with Crippen molar-refractivity contribution in [2.45, 2.75) is 109 Å². The molecule has 0 aromatic heterocycles. The number of quaternary nitrogens is 1. The van der Waals surface area contributed by atoms with Crippen molar-refractivity contribution in [3.8, 4) is 0 Å². The smallest absolute Gasteiger partial charge is 0.103 e. The maximum absolute atomic E-state index is 10.8. The molecule has 0 amide bonds. The van der Waals surface area contributed by atoms with Crippen LogP contribution in [0.15, 0.2) is 0 Å². The number of hydroxylamine groups is 2. The molecule has 0 radical (unpaired) electrons. The highest BCUT2D eigenvalue weighted by Gasteiger charge is 2.05. The average molecular weight is 316 g/mol. The van der Waals surface area contributed by atoms with Crippen molar-refractivity contribution < 1.29 is 10.2 Å². The molecule has 0 aliphatic heterocycles. The van der Waals surface area contributed by atoms with Crippen LogP contribution in [-0.2, 0) is 0 Å². The van der Waals surface area contributed by atoms with Gasteiger partial charge < -0.3 is 15.4 Å². The minimum Gasteiger partial charge on any atom is -0.634 e. The van der Waals surface area contributed by atoms with Gasteiger partial charge in [-0.1, -0.05) is 96.8 Å². The first-order chi connectivity index (χ1) is 10.7. The number of nitrogens with one attached hydrogen (secondary N) is 1. The Morgan fingerprint density at radius 1 is 0.727 bits per heavy atom. The molecule has 0 rings (SSSR count). The van der Waals surface area contributed by atoms with Gasteiger partial charge in [0, 0.05) is 0 Å². The second-order valence-electron chi connectivity index (χ2n) is 6.94. The number of aliphatic hydroxyl groups excluding tert-OH is 1. The molecule has 3 heteroatoms. The fourth-order valence-corrected chi connectivity index (χ4v) is 3.01. The Morgan fingerprint density at radius 3 is 1.45 bits per heavy atom. The van der Waals surface area contributed by atoms with Gasteiger partial charge in [-0.25, -0.2) is 0 Å². The van der Waals surface area contributed by atoms with E-state index in [1.54, 1.807) is 7.05 Å². The summed E-state index contributed by atoms with van der Waals surface area (Å²) >= 11 is 0. The normalized spacial score (nSPS) is 14.2. The minimum atomic E-state index is -0.408. The molecule has 0 fully saturated rings. The number of hydrogen-bond donors (Lipinski definition) is 2. The molecular formula is C19H41NO2. The molecule has 2 unspecified atom stereocenters. The van der Waals surface area contributed by atoms with Crippen LogP contribution < -0.4 is 5.06 Å². The quantitative estimate of drug-likeness (QED) is 0.312. The van der Waals surface area contributed by atoms with Crippen molar-refractivity contribution in [3.05, 3.63) is 5.21 Å². The third-order valence-corrected chi connectivity index (χ3v) is 4.41. The summed E-state index contributed by atoms with van der Waals surface area (Å²) < 4.78 is 0. The van der Waals surface area contributed by atoms with E-state index < -0.39 is 6.10 Å². The lowest BCUT2D eigenvalue weighted by Crippen LogP contribution is -3.05. The number of aliphatic hydroxyl groups is 1. The van der Waals surface area contributed by atoms with E-state index in [0.717, 1.165) is 12.8 Å². The van der Waals surface area contributed by atoms with Crippen molar-refractivity contribution in [2.75, 3.05) is 13.6 Å². The summed E-state index contributed by atoms with van der Waals surface area (Å²) in [6.45, 7) is 2.60. The molecule has 0 bridgehead atoms. The topological polar surface area (TPSA) is 47.7 Å². The standard InChI is InChI=1S/C19H41NO2/c1-3-4-5-6-7-8-9-10-11-12-13-14-15-16-17-19(21)18-20(2)22/h19-21H,3-18H2,1-2H3. The van der Waals surface area contributed by atoms with Crippen molar-refractivity contribution in [3.63, 3.8) is 0 Å². The van der Waals surface area contributed by atoms with Gasteiger partial charge in [0.2, 0.25) is 0 Å². The molecule has 134 valence electrons. The third-order valence-electron chi connectivity index (χ3n) is 4.41. The number of hydrogen-bond acceptors (Lipinski definition) is 2. The van der Waals surface area contributed by atoms with Gasteiger partial charge in [-0.05, 0) is 6.42 Å². The molecule has 0 saturated carbocycles. The Balaban J connectivity index is 3.05. The van der Waals surface area contributed by atoms with Crippen molar-refractivity contribution >= 4 is 0 Å². The molecule has 0 aromatic carbocycles. The zero-order valence-corrected chi connectivity index (χ0v) is 15.2. The SMILES string of the molecule is CCCCCCCCCCCCCCCCC(O)C[NH+](C)[O-]. The second-order valence-corrected chi connectivity index (χ2v) is 6.94. The van der Waals surface area contributed by atoms with Crippen molar-refractivity contribution in [1.82, 2.24) is 0 Å². The first kappa shape index (κ1) is 21.9. The highest BCUT2D eigenvalue weighted by molar-refractivity contribution is 4.54. The highest BCUT2D eigenvalue weighted by Crippen LogP contribution is 2.13. The zero-order valence-electron chi connectivity index (χ0n) is 15.2. The summed E-state index contributed by atoms with van der Waals surface area (Å²) in [6, 6.07) is 0. The monoisotopic (exact) mass is 315 g/mol. The van der Waals surface area contributed by atoms with Gasteiger partial charge in [0.25, 0.3) is 0 Å². The molecule has 3 nitrogen and oxygen atoms in total. The number of unbranched alkanes of at least 4 members (excludes halogenated alkanes) is 13. The van der Waals surface area contributed by atoms with E-state index in [1.165, 1.54) is 83.5 Å². The lowest BCUT2D eigenvalue weighted by molar-refractivity contribution is -0.829. The van der Waals surface area contributed by atoms with Crippen LogP contribution in [0.5, 0.6) is 0 Å². The largest absolute Gasteiger partial charge is 0.634 e. The molecule has 0 aliphatic carbocycles. The van der Waals surface area contributed by atoms with Gasteiger partial charge in [-0.3, -0.25) is 0 Å². The van der Waals surface area contributed by atoms with E-state index >= 15 is 0 Å². The van der Waals surface area contributed by atoms with E-state index in [2.05, 4.69) is 6.92 Å². The maximum atomic E-state index is 10.8. The predicted octanol–water partition coefficient (Wildman–Crippen LogP) is 4.23. The molecule has 0 aliphatic rings. The van der Waals surface area contributed by atoms with Gasteiger partial charge in [0.1, 0.15) is 12.6 Å². The Bertz CT molecular complexity index is 210. The Morgan fingerprint density at radius 2 is 1.09 bits per heavy atom. The van der Waals surface area contributed by atoms with Crippen LogP contribution in [0.1, 0.15) is 103 Å². The summed E-state index contributed by atoms with van der Waals surface area (Å²) in [4.78, 5) is 0. The van der Waals surface area contributed by atoms with E-state index in [0.29, 0.717) is 6.54 Å². The molecule has 0 aromatic rings. The van der Waals surface area contributed by atoms with Crippen LogP contribution in [0, 0.1) is 5.21 Å². The van der Waals surface area contributed by atoms with Gasteiger partial charge in [-0.15, -0.1) is 0 Å². The van der Waals surface area contributed by atoms with E-state index in [-0.39, 0.29) is 5.06 Å². The van der Waals surface area contributed by atoms with Crippen LogP contribution in [0.2, 0.25) is 0 Å². The lowest BCUT2D eigenvalue weighted by atomic mass is 10.0. The molecule has 0 heterocycles.